The van der Waals surface area contributed by atoms with Crippen molar-refractivity contribution in [2.75, 3.05) is 5.32 Å². The van der Waals surface area contributed by atoms with Gasteiger partial charge >= 0.3 is 5.97 Å². The number of anilines is 2. The minimum Gasteiger partial charge on any atom is -0.478 e. The normalized spacial score (nSPS) is 17.0. The minimum atomic E-state index is -1.25. The average molecular weight is 501 g/mol. The van der Waals surface area contributed by atoms with Gasteiger partial charge in [-0.15, -0.1) is 11.3 Å². The summed E-state index contributed by atoms with van der Waals surface area (Å²) in [7, 11) is 0. The summed E-state index contributed by atoms with van der Waals surface area (Å²) >= 11 is 1.41. The van der Waals surface area contributed by atoms with E-state index < -0.39 is 11.6 Å². The zero-order valence-corrected chi connectivity index (χ0v) is 21.1. The Hall–Kier alpha value is -3.62. The van der Waals surface area contributed by atoms with Crippen LogP contribution in [0.15, 0.2) is 54.9 Å². The third kappa shape index (κ3) is 4.74. The van der Waals surface area contributed by atoms with Gasteiger partial charge in [0.1, 0.15) is 22.2 Å². The summed E-state index contributed by atoms with van der Waals surface area (Å²) in [6.07, 6.45) is 7.65. The van der Waals surface area contributed by atoms with Gasteiger partial charge in [-0.2, -0.15) is 0 Å². The van der Waals surface area contributed by atoms with E-state index >= 15 is 0 Å². The Morgan fingerprint density at radius 1 is 1.14 bits per heavy atom. The Labute approximate surface area is 213 Å². The maximum absolute atomic E-state index is 11.7. The highest BCUT2D eigenvalue weighted by molar-refractivity contribution is 7.15. The number of hydrogen-bond donors (Lipinski definition) is 3. The van der Waals surface area contributed by atoms with Crippen LogP contribution >= 0.6 is 11.3 Å². The lowest BCUT2D eigenvalue weighted by atomic mass is 9.79. The number of thiazole rings is 1. The first-order valence-electron chi connectivity index (χ1n) is 12.1. The quantitative estimate of drug-likeness (QED) is 0.291. The second-order valence-corrected chi connectivity index (χ2v) is 10.3. The number of nitrogens with one attached hydrogen (secondary N) is 1. The zero-order valence-electron chi connectivity index (χ0n) is 20.3. The first-order valence-corrected chi connectivity index (χ1v) is 12.9. The molecule has 3 N–H and O–H groups in total. The number of fused-ring (bicyclic) bond motifs is 1. The summed E-state index contributed by atoms with van der Waals surface area (Å²) in [4.78, 5) is 26.1. The molecule has 1 aliphatic carbocycles. The molecule has 0 radical (unpaired) electrons. The van der Waals surface area contributed by atoms with Gasteiger partial charge in [0.2, 0.25) is 0 Å². The summed E-state index contributed by atoms with van der Waals surface area (Å²) in [5, 5.41) is 25.0. The van der Waals surface area contributed by atoms with Crippen LogP contribution in [0.25, 0.3) is 10.6 Å². The first-order chi connectivity index (χ1) is 17.4. The van der Waals surface area contributed by atoms with Crippen LogP contribution in [0.2, 0.25) is 0 Å². The molecule has 0 bridgehead atoms. The molecule has 0 fully saturated rings. The van der Waals surface area contributed by atoms with E-state index in [0.29, 0.717) is 17.2 Å². The molecule has 1 aliphatic rings. The molecular weight excluding hydrogens is 472 g/mol. The number of benzene rings is 1. The van der Waals surface area contributed by atoms with E-state index in [4.69, 9.17) is 4.98 Å². The van der Waals surface area contributed by atoms with Crippen molar-refractivity contribution in [2.24, 2.45) is 0 Å². The van der Waals surface area contributed by atoms with E-state index in [0.717, 1.165) is 58.8 Å². The van der Waals surface area contributed by atoms with Gasteiger partial charge in [0, 0.05) is 12.4 Å². The SMILES string of the molecule is CCCc1ccnc(Nc2cc(C)cc(-c3cnc(C4(O)CCCc5cc(C(=O)O)ccc54)s3)n2)c1. The molecule has 7 nitrogen and oxygen atoms in total. The maximum atomic E-state index is 11.7. The van der Waals surface area contributed by atoms with Crippen molar-refractivity contribution >= 4 is 28.9 Å². The molecule has 184 valence electrons. The van der Waals surface area contributed by atoms with E-state index in [9.17, 15) is 15.0 Å². The smallest absolute Gasteiger partial charge is 0.335 e. The van der Waals surface area contributed by atoms with Crippen LogP contribution in [-0.4, -0.2) is 31.1 Å². The highest BCUT2D eigenvalue weighted by Gasteiger charge is 2.39. The number of aromatic carboxylic acids is 1. The predicted octanol–water partition coefficient (Wildman–Crippen LogP) is 5.88. The van der Waals surface area contributed by atoms with E-state index in [1.54, 1.807) is 24.4 Å². The van der Waals surface area contributed by atoms with Crippen LogP contribution in [0.3, 0.4) is 0 Å². The van der Waals surface area contributed by atoms with Crippen molar-refractivity contribution in [3.8, 4) is 10.6 Å². The molecule has 0 spiro atoms. The Morgan fingerprint density at radius 3 is 2.81 bits per heavy atom. The monoisotopic (exact) mass is 500 g/mol. The van der Waals surface area contributed by atoms with Crippen molar-refractivity contribution in [3.05, 3.63) is 87.7 Å². The van der Waals surface area contributed by atoms with Gasteiger partial charge in [-0.05, 0) is 91.3 Å². The minimum absolute atomic E-state index is 0.233. The first kappa shape index (κ1) is 24.1. The van der Waals surface area contributed by atoms with Gasteiger partial charge in [-0.1, -0.05) is 19.4 Å². The van der Waals surface area contributed by atoms with Crippen molar-refractivity contribution in [3.63, 3.8) is 0 Å². The molecule has 5 rings (SSSR count). The molecule has 1 atom stereocenters. The van der Waals surface area contributed by atoms with Crippen molar-refractivity contribution in [1.29, 1.82) is 0 Å². The molecule has 0 aliphatic heterocycles. The molecule has 0 saturated heterocycles. The van der Waals surface area contributed by atoms with Gasteiger partial charge in [-0.3, -0.25) is 0 Å². The number of carboxylic acid groups (broad SMARTS) is 1. The van der Waals surface area contributed by atoms with Crippen molar-refractivity contribution in [2.45, 2.75) is 51.6 Å². The predicted molar refractivity (Wildman–Crippen MR) is 141 cm³/mol. The third-order valence-corrected chi connectivity index (χ3v) is 7.65. The van der Waals surface area contributed by atoms with E-state index in [1.807, 2.05) is 37.4 Å². The van der Waals surface area contributed by atoms with Crippen LogP contribution in [-0.2, 0) is 18.4 Å². The molecule has 1 unspecified atom stereocenters. The molecule has 3 aromatic heterocycles. The summed E-state index contributed by atoms with van der Waals surface area (Å²) in [6.45, 7) is 4.17. The summed E-state index contributed by atoms with van der Waals surface area (Å²) in [6, 6.07) is 13.0. The topological polar surface area (TPSA) is 108 Å². The number of hydrogen-bond acceptors (Lipinski definition) is 7. The Morgan fingerprint density at radius 2 is 2.00 bits per heavy atom. The fourth-order valence-corrected chi connectivity index (χ4v) is 5.80. The molecule has 1 aromatic carbocycles. The molecule has 0 saturated carbocycles. The average Bonchev–Trinajstić information content (AvgIpc) is 3.35. The van der Waals surface area contributed by atoms with Crippen molar-refractivity contribution in [1.82, 2.24) is 15.0 Å². The summed E-state index contributed by atoms with van der Waals surface area (Å²) < 4.78 is 0. The van der Waals surface area contributed by atoms with Crippen LogP contribution in [0.4, 0.5) is 11.6 Å². The second kappa shape index (κ2) is 9.79. The number of aromatic nitrogens is 3. The third-order valence-electron chi connectivity index (χ3n) is 6.48. The molecular formula is C28H28N4O3S. The molecule has 8 heteroatoms. The molecule has 36 heavy (non-hydrogen) atoms. The Bertz CT molecular complexity index is 1430. The largest absolute Gasteiger partial charge is 0.478 e. The van der Waals surface area contributed by atoms with Crippen molar-refractivity contribution < 1.29 is 15.0 Å². The number of pyridine rings is 2. The molecule has 3 heterocycles. The van der Waals surface area contributed by atoms with E-state index in [1.165, 1.54) is 16.9 Å². The zero-order chi connectivity index (χ0) is 25.3. The summed E-state index contributed by atoms with van der Waals surface area (Å²) in [5.41, 5.74) is 3.62. The maximum Gasteiger partial charge on any atom is 0.335 e. The standard InChI is InChI=1S/C28H28N4O3S/c1-3-5-18-9-11-29-24(14-18)32-25-13-17(2)12-22(31-25)23-16-30-27(36-23)28(35)10-4-6-19-15-20(26(33)34)7-8-21(19)28/h7-9,11-16,35H,3-6,10H2,1-2H3,(H,33,34)(H,29,31,32). The number of nitrogens with zero attached hydrogens (tertiary/aromatic N) is 3. The van der Waals surface area contributed by atoms with Gasteiger partial charge < -0.3 is 15.5 Å². The lowest BCUT2D eigenvalue weighted by Gasteiger charge is -2.33. The van der Waals surface area contributed by atoms with E-state index in [-0.39, 0.29) is 5.56 Å². The fourth-order valence-electron chi connectivity index (χ4n) is 4.79. The van der Waals surface area contributed by atoms with Crippen LogP contribution in [0.1, 0.15) is 63.8 Å². The highest BCUT2D eigenvalue weighted by Crippen LogP contribution is 2.43. The summed E-state index contributed by atoms with van der Waals surface area (Å²) in [5.74, 6) is 0.485. The van der Waals surface area contributed by atoms with Crippen LogP contribution < -0.4 is 5.32 Å². The Kier molecular flexibility index (Phi) is 6.55. The Balaban J connectivity index is 1.45. The lowest BCUT2D eigenvalue weighted by molar-refractivity contribution is 0.0607. The number of rotatable bonds is 7. The molecule has 0 amide bonds. The molecule has 4 aromatic rings. The fraction of sp³-hybridized carbons (Fsp3) is 0.286. The van der Waals surface area contributed by atoms with Crippen LogP contribution in [0, 0.1) is 6.92 Å². The lowest BCUT2D eigenvalue weighted by Crippen LogP contribution is -2.32. The van der Waals surface area contributed by atoms with Gasteiger partial charge in [0.15, 0.2) is 0 Å². The van der Waals surface area contributed by atoms with Gasteiger partial charge in [-0.25, -0.2) is 19.7 Å². The van der Waals surface area contributed by atoms with Gasteiger partial charge in [0.05, 0.1) is 16.1 Å². The van der Waals surface area contributed by atoms with Crippen LogP contribution in [0.5, 0.6) is 0 Å². The number of aliphatic hydroxyl groups is 1. The number of aryl methyl sites for hydroxylation is 3. The second-order valence-electron chi connectivity index (χ2n) is 9.26. The van der Waals surface area contributed by atoms with E-state index in [2.05, 4.69) is 22.2 Å². The number of carboxylic acids is 1. The van der Waals surface area contributed by atoms with Gasteiger partial charge in [0.25, 0.3) is 0 Å². The highest BCUT2D eigenvalue weighted by atomic mass is 32.1. The number of carbonyl (C=O) groups is 1.